The Kier molecular flexibility index (Phi) is 12.0. The summed E-state index contributed by atoms with van der Waals surface area (Å²) in [5.41, 5.74) is 2.59. The summed E-state index contributed by atoms with van der Waals surface area (Å²) in [4.78, 5) is 27.8. The number of nitrogens with zero attached hydrogens (tertiary/aromatic N) is 5. The molecule has 0 radical (unpaired) electrons. The molecule has 5 rings (SSSR count). The minimum Gasteiger partial charge on any atom is -0.437 e. The summed E-state index contributed by atoms with van der Waals surface area (Å²) in [5, 5.41) is 4.02. The number of hydrogen-bond donors (Lipinski definition) is 1. The van der Waals surface area contributed by atoms with E-state index in [9.17, 15) is 13.2 Å². The molecule has 254 valence electrons. The second kappa shape index (κ2) is 16.0. The first kappa shape index (κ1) is 35.3. The van der Waals surface area contributed by atoms with Gasteiger partial charge in [-0.2, -0.15) is 0 Å². The molecule has 1 amide bonds. The van der Waals surface area contributed by atoms with E-state index in [-0.39, 0.29) is 17.7 Å². The molecule has 2 aliphatic heterocycles. The van der Waals surface area contributed by atoms with E-state index in [0.717, 1.165) is 87.8 Å². The molecule has 0 aliphatic carbocycles. The van der Waals surface area contributed by atoms with Gasteiger partial charge in [0.25, 0.3) is 0 Å². The highest BCUT2D eigenvalue weighted by Gasteiger charge is 2.23. The van der Waals surface area contributed by atoms with Gasteiger partial charge in [-0.05, 0) is 87.2 Å². The van der Waals surface area contributed by atoms with Crippen LogP contribution in [0.2, 0.25) is 10.0 Å². The van der Waals surface area contributed by atoms with Gasteiger partial charge in [0, 0.05) is 80.2 Å². The monoisotopic (exact) mass is 702 g/mol. The summed E-state index contributed by atoms with van der Waals surface area (Å²) >= 11 is 12.7. The highest BCUT2D eigenvalue weighted by Crippen LogP contribution is 2.31. The van der Waals surface area contributed by atoms with E-state index < -0.39 is 9.84 Å². The van der Waals surface area contributed by atoms with Crippen molar-refractivity contribution in [2.24, 2.45) is 5.92 Å². The molecule has 2 saturated heterocycles. The first-order chi connectivity index (χ1) is 22.4. The van der Waals surface area contributed by atoms with Crippen LogP contribution in [0, 0.1) is 5.92 Å². The van der Waals surface area contributed by atoms with Crippen molar-refractivity contribution in [2.75, 3.05) is 62.7 Å². The number of piperazine rings is 1. The van der Waals surface area contributed by atoms with Crippen LogP contribution < -0.4 is 15.0 Å². The summed E-state index contributed by atoms with van der Waals surface area (Å²) < 4.78 is 29.4. The third-order valence-corrected chi connectivity index (χ3v) is 10.3. The van der Waals surface area contributed by atoms with Crippen LogP contribution in [-0.2, 0) is 21.2 Å². The van der Waals surface area contributed by atoms with E-state index in [1.807, 2.05) is 30.3 Å². The predicted molar refractivity (Wildman–Crippen MR) is 188 cm³/mol. The summed E-state index contributed by atoms with van der Waals surface area (Å²) in [6, 6.07) is 13.5. The zero-order valence-electron chi connectivity index (χ0n) is 27.3. The number of likely N-dealkylation sites (tertiary alicyclic amines) is 1. The second-order valence-corrected chi connectivity index (χ2v) is 15.9. The lowest BCUT2D eigenvalue weighted by atomic mass is 9.96. The summed E-state index contributed by atoms with van der Waals surface area (Å²) in [6.07, 6.45) is 5.71. The fourth-order valence-corrected chi connectivity index (χ4v) is 7.44. The maximum absolute atomic E-state index is 11.6. The molecule has 4 heterocycles. The minimum absolute atomic E-state index is 0.0172. The van der Waals surface area contributed by atoms with Crippen LogP contribution in [0.1, 0.15) is 38.7 Å². The minimum atomic E-state index is -2.96. The third-order valence-electron chi connectivity index (χ3n) is 8.88. The molecule has 2 aliphatic rings. The van der Waals surface area contributed by atoms with Gasteiger partial charge in [0.05, 0.1) is 17.6 Å². The molecule has 2 fully saturated rings. The number of amides is 1. The Morgan fingerprint density at radius 2 is 1.72 bits per heavy atom. The molecule has 2 aromatic heterocycles. The van der Waals surface area contributed by atoms with Gasteiger partial charge in [-0.1, -0.05) is 23.2 Å². The van der Waals surface area contributed by atoms with E-state index in [0.29, 0.717) is 34.0 Å². The number of pyridine rings is 2. The van der Waals surface area contributed by atoms with Gasteiger partial charge >= 0.3 is 0 Å². The Morgan fingerprint density at radius 3 is 2.34 bits per heavy atom. The van der Waals surface area contributed by atoms with E-state index in [4.69, 9.17) is 37.9 Å². The fourth-order valence-electron chi connectivity index (χ4n) is 6.15. The highest BCUT2D eigenvalue weighted by atomic mass is 35.5. The molecule has 1 unspecified atom stereocenters. The van der Waals surface area contributed by atoms with E-state index >= 15 is 0 Å². The summed E-state index contributed by atoms with van der Waals surface area (Å²) in [7, 11) is -2.96. The lowest BCUT2D eigenvalue weighted by molar-refractivity contribution is -0.119. The van der Waals surface area contributed by atoms with Gasteiger partial charge in [-0.15, -0.1) is 0 Å². The van der Waals surface area contributed by atoms with Crippen LogP contribution in [0.4, 0.5) is 5.82 Å². The lowest BCUT2D eigenvalue weighted by Crippen LogP contribution is -2.50. The maximum Gasteiger partial charge on any atom is 0.220 e. The first-order valence-electron chi connectivity index (χ1n) is 16.1. The number of rotatable bonds is 12. The second-order valence-electron chi connectivity index (χ2n) is 12.8. The van der Waals surface area contributed by atoms with E-state index in [2.05, 4.69) is 33.0 Å². The van der Waals surface area contributed by atoms with Crippen molar-refractivity contribution in [1.82, 2.24) is 25.1 Å². The fraction of sp³-hybridized carbons (Fsp3) is 0.500. The van der Waals surface area contributed by atoms with Crippen LogP contribution in [-0.4, -0.2) is 98.0 Å². The van der Waals surface area contributed by atoms with Crippen molar-refractivity contribution in [2.45, 2.75) is 45.7 Å². The molecule has 0 spiro atoms. The normalized spacial score (nSPS) is 17.4. The first-order valence-corrected chi connectivity index (χ1v) is 19.0. The SMILES string of the molecule is CC(=O)NCC1CCN(Cc2cc(Oc3ccc(N4CCN(C(C)CCS(C)(=O)=O)CC4)nc3)nc(-c3cc(Cl)cc(Cl)c3)c2)CC1. The van der Waals surface area contributed by atoms with Gasteiger partial charge in [0.15, 0.2) is 0 Å². The molecule has 13 heteroatoms. The quantitative estimate of drug-likeness (QED) is 0.261. The molecular weight excluding hydrogens is 659 g/mol. The number of hydrogen-bond acceptors (Lipinski definition) is 9. The number of ether oxygens (including phenoxy) is 1. The number of piperidine rings is 1. The van der Waals surface area contributed by atoms with Crippen LogP contribution in [0.25, 0.3) is 11.3 Å². The number of sulfone groups is 1. The Hall–Kier alpha value is -2.96. The standard InChI is InChI=1S/C34H44Cl2N6O4S/c1-24(8-15-47(3,44)45)41-11-13-42(14-12-41)33-5-4-31(22-38-33)46-34-17-27(16-32(39-34)28-18-29(35)20-30(36)19-28)23-40-9-6-26(7-10-40)21-37-25(2)43/h4-5,16-20,22,24,26H,6-15,21,23H2,1-3H3,(H,37,43). The third kappa shape index (κ3) is 10.8. The van der Waals surface area contributed by atoms with Crippen LogP contribution in [0.15, 0.2) is 48.7 Å². The topological polar surface area (TPSA) is 108 Å². The Morgan fingerprint density at radius 1 is 1.02 bits per heavy atom. The average molecular weight is 704 g/mol. The van der Waals surface area contributed by atoms with Gasteiger partial charge in [-0.3, -0.25) is 14.6 Å². The molecule has 10 nitrogen and oxygen atoms in total. The predicted octanol–water partition coefficient (Wildman–Crippen LogP) is 5.54. The van der Waals surface area contributed by atoms with Crippen LogP contribution in [0.3, 0.4) is 0 Å². The van der Waals surface area contributed by atoms with Crippen molar-refractivity contribution < 1.29 is 17.9 Å². The highest BCUT2D eigenvalue weighted by molar-refractivity contribution is 7.90. The summed E-state index contributed by atoms with van der Waals surface area (Å²) in [6.45, 7) is 10.3. The van der Waals surface area contributed by atoms with Crippen molar-refractivity contribution in [1.29, 1.82) is 0 Å². The maximum atomic E-state index is 11.6. The van der Waals surface area contributed by atoms with Gasteiger partial charge in [0.1, 0.15) is 21.4 Å². The number of nitrogens with one attached hydrogen (secondary N) is 1. The van der Waals surface area contributed by atoms with Crippen molar-refractivity contribution in [3.8, 4) is 22.9 Å². The number of carbonyl (C=O) groups is 1. The zero-order valence-corrected chi connectivity index (χ0v) is 29.6. The Balaban J connectivity index is 1.25. The number of benzene rings is 1. The van der Waals surface area contributed by atoms with E-state index in [1.165, 1.54) is 6.26 Å². The summed E-state index contributed by atoms with van der Waals surface area (Å²) in [5.74, 6) is 2.64. The van der Waals surface area contributed by atoms with Gasteiger partial charge < -0.3 is 15.0 Å². The van der Waals surface area contributed by atoms with Crippen molar-refractivity contribution in [3.05, 3.63) is 64.3 Å². The smallest absolute Gasteiger partial charge is 0.220 e. The number of aromatic nitrogens is 2. The molecular formula is C34H44Cl2N6O4S. The molecule has 0 bridgehead atoms. The molecule has 0 saturated carbocycles. The van der Waals surface area contributed by atoms with Gasteiger partial charge in [0.2, 0.25) is 11.8 Å². The zero-order chi connectivity index (χ0) is 33.6. The largest absolute Gasteiger partial charge is 0.437 e. The van der Waals surface area contributed by atoms with Crippen LogP contribution in [0.5, 0.6) is 11.6 Å². The molecule has 1 aromatic carbocycles. The van der Waals surface area contributed by atoms with Crippen LogP contribution >= 0.6 is 23.2 Å². The van der Waals surface area contributed by atoms with Gasteiger partial charge in [-0.25, -0.2) is 18.4 Å². The molecule has 1 N–H and O–H groups in total. The van der Waals surface area contributed by atoms with Crippen molar-refractivity contribution >= 4 is 44.8 Å². The number of halogens is 2. The average Bonchev–Trinajstić information content (AvgIpc) is 3.03. The Bertz CT molecular complexity index is 1610. The lowest BCUT2D eigenvalue weighted by Gasteiger charge is -2.38. The van der Waals surface area contributed by atoms with E-state index in [1.54, 1.807) is 19.2 Å². The number of carbonyl (C=O) groups excluding carboxylic acids is 1. The number of anilines is 1. The van der Waals surface area contributed by atoms with Crippen molar-refractivity contribution in [3.63, 3.8) is 0 Å². The molecule has 47 heavy (non-hydrogen) atoms. The molecule has 1 atom stereocenters. The Labute approximate surface area is 288 Å². The molecule has 3 aromatic rings.